The first-order valence-electron chi connectivity index (χ1n) is 5.37. The summed E-state index contributed by atoms with van der Waals surface area (Å²) in [7, 11) is 0. The van der Waals surface area contributed by atoms with Gasteiger partial charge in [-0.25, -0.2) is 4.79 Å². The number of benzene rings is 1. The van der Waals surface area contributed by atoms with Crippen molar-refractivity contribution in [3.05, 3.63) is 51.0 Å². The number of halogens is 1. The van der Waals surface area contributed by atoms with Gasteiger partial charge in [-0.15, -0.1) is 0 Å². The van der Waals surface area contributed by atoms with Crippen molar-refractivity contribution in [2.75, 3.05) is 0 Å². The fourth-order valence-electron chi connectivity index (χ4n) is 1.83. The van der Waals surface area contributed by atoms with Gasteiger partial charge in [0.05, 0.1) is 11.3 Å². The quantitative estimate of drug-likeness (QED) is 0.846. The lowest BCUT2D eigenvalue weighted by atomic mass is 10.0. The molecule has 0 unspecified atom stereocenters. The molecule has 0 aliphatic carbocycles. The molecule has 0 saturated carbocycles. The van der Waals surface area contributed by atoms with E-state index in [4.69, 9.17) is 11.6 Å². The average Bonchev–Trinajstić information content (AvgIpc) is 2.28. The van der Waals surface area contributed by atoms with Crippen LogP contribution < -0.4 is 5.69 Å². The largest absolute Gasteiger partial charge is 0.345 e. The van der Waals surface area contributed by atoms with Crippen LogP contribution in [0.5, 0.6) is 0 Å². The molecule has 1 aromatic heterocycles. The van der Waals surface area contributed by atoms with Gasteiger partial charge >= 0.3 is 5.69 Å². The maximum atomic E-state index is 11.7. The summed E-state index contributed by atoms with van der Waals surface area (Å²) in [5.41, 5.74) is 1.56. The van der Waals surface area contributed by atoms with Gasteiger partial charge in [-0.05, 0) is 26.0 Å². The van der Waals surface area contributed by atoms with Crippen molar-refractivity contribution >= 4 is 17.4 Å². The van der Waals surface area contributed by atoms with Crippen LogP contribution in [0.2, 0.25) is 5.02 Å². The second-order valence-electron chi connectivity index (χ2n) is 3.95. The number of aromatic amines is 1. The first-order chi connectivity index (χ1) is 8.49. The van der Waals surface area contributed by atoms with E-state index >= 15 is 0 Å². The minimum absolute atomic E-state index is 0.138. The molecule has 0 aliphatic rings. The minimum atomic E-state index is -0.470. The Kier molecular flexibility index (Phi) is 3.30. The van der Waals surface area contributed by atoms with Crippen LogP contribution >= 0.6 is 11.6 Å². The van der Waals surface area contributed by atoms with Gasteiger partial charge in [0.15, 0.2) is 5.78 Å². The van der Waals surface area contributed by atoms with Gasteiger partial charge in [-0.2, -0.15) is 4.98 Å². The van der Waals surface area contributed by atoms with E-state index in [-0.39, 0.29) is 5.78 Å². The Morgan fingerprint density at radius 3 is 2.44 bits per heavy atom. The molecule has 1 aromatic carbocycles. The number of nitrogens with one attached hydrogen (secondary N) is 1. The SMILES string of the molecule is CC(=O)c1c(-c2ccc(Cl)cc2)nc(=O)[nH]c1C. The Hall–Kier alpha value is -1.94. The standard InChI is InChI=1S/C13H11ClN2O2/c1-7-11(8(2)17)12(16-13(18)15-7)9-3-5-10(14)6-4-9/h3-6H,1-2H3,(H,15,16,18). The number of Topliss-reactive ketones (excluding diaryl/α,β-unsaturated/α-hetero) is 1. The maximum Gasteiger partial charge on any atom is 0.345 e. The van der Waals surface area contributed by atoms with E-state index in [2.05, 4.69) is 9.97 Å². The lowest BCUT2D eigenvalue weighted by Gasteiger charge is -2.08. The molecular formula is C13H11ClN2O2. The fourth-order valence-corrected chi connectivity index (χ4v) is 1.96. The van der Waals surface area contributed by atoms with Crippen LogP contribution in [0.4, 0.5) is 0 Å². The van der Waals surface area contributed by atoms with Crippen molar-refractivity contribution in [1.29, 1.82) is 0 Å². The summed E-state index contributed by atoms with van der Waals surface area (Å²) in [6.07, 6.45) is 0. The van der Waals surface area contributed by atoms with E-state index in [0.29, 0.717) is 27.5 Å². The molecule has 92 valence electrons. The first-order valence-corrected chi connectivity index (χ1v) is 5.74. The summed E-state index contributed by atoms with van der Waals surface area (Å²) in [5.74, 6) is -0.138. The number of H-pyrrole nitrogens is 1. The zero-order chi connectivity index (χ0) is 13.3. The highest BCUT2D eigenvalue weighted by molar-refractivity contribution is 6.30. The molecule has 1 N–H and O–H groups in total. The van der Waals surface area contributed by atoms with Crippen LogP contribution in [0, 0.1) is 6.92 Å². The van der Waals surface area contributed by atoms with Crippen LogP contribution in [0.15, 0.2) is 29.1 Å². The van der Waals surface area contributed by atoms with Gasteiger partial charge in [0, 0.05) is 16.3 Å². The van der Waals surface area contributed by atoms with Crippen LogP contribution in [0.3, 0.4) is 0 Å². The van der Waals surface area contributed by atoms with Gasteiger partial charge in [0.2, 0.25) is 0 Å². The van der Waals surface area contributed by atoms with Crippen molar-refractivity contribution in [3.63, 3.8) is 0 Å². The van der Waals surface area contributed by atoms with Gasteiger partial charge in [-0.3, -0.25) is 4.79 Å². The molecular weight excluding hydrogens is 252 g/mol. The molecule has 0 saturated heterocycles. The Morgan fingerprint density at radius 2 is 1.89 bits per heavy atom. The number of aryl methyl sites for hydroxylation is 1. The second kappa shape index (κ2) is 4.74. The Bertz CT molecular complexity index is 660. The third-order valence-electron chi connectivity index (χ3n) is 2.59. The highest BCUT2D eigenvalue weighted by Crippen LogP contribution is 2.23. The van der Waals surface area contributed by atoms with Crippen molar-refractivity contribution in [2.45, 2.75) is 13.8 Å². The van der Waals surface area contributed by atoms with Gasteiger partial charge in [0.25, 0.3) is 0 Å². The van der Waals surface area contributed by atoms with E-state index in [1.54, 1.807) is 31.2 Å². The van der Waals surface area contributed by atoms with Crippen molar-refractivity contribution in [3.8, 4) is 11.3 Å². The highest BCUT2D eigenvalue weighted by Gasteiger charge is 2.15. The number of rotatable bonds is 2. The molecule has 0 bridgehead atoms. The smallest absolute Gasteiger partial charge is 0.309 e. The van der Waals surface area contributed by atoms with Gasteiger partial charge in [0.1, 0.15) is 0 Å². The molecule has 0 spiro atoms. The topological polar surface area (TPSA) is 62.8 Å². The molecule has 0 aliphatic heterocycles. The normalized spacial score (nSPS) is 10.4. The fraction of sp³-hybridized carbons (Fsp3) is 0.154. The van der Waals surface area contributed by atoms with Crippen LogP contribution in [0.1, 0.15) is 23.0 Å². The Balaban J connectivity index is 2.73. The molecule has 0 fully saturated rings. The van der Waals surface area contributed by atoms with Gasteiger partial charge in [-0.1, -0.05) is 23.7 Å². The maximum absolute atomic E-state index is 11.7. The number of aromatic nitrogens is 2. The first kappa shape index (κ1) is 12.5. The molecule has 2 aromatic rings. The third-order valence-corrected chi connectivity index (χ3v) is 2.84. The van der Waals surface area contributed by atoms with E-state index in [1.165, 1.54) is 6.92 Å². The molecule has 0 amide bonds. The van der Waals surface area contributed by atoms with E-state index < -0.39 is 5.69 Å². The van der Waals surface area contributed by atoms with E-state index in [0.717, 1.165) is 0 Å². The van der Waals surface area contributed by atoms with Crippen molar-refractivity contribution in [2.24, 2.45) is 0 Å². The van der Waals surface area contributed by atoms with Crippen LogP contribution in [-0.2, 0) is 0 Å². The number of carbonyl (C=O) groups excluding carboxylic acids is 1. The number of nitrogens with zero attached hydrogens (tertiary/aromatic N) is 1. The molecule has 18 heavy (non-hydrogen) atoms. The lowest BCUT2D eigenvalue weighted by Crippen LogP contribution is -2.17. The summed E-state index contributed by atoms with van der Waals surface area (Å²) in [6.45, 7) is 3.13. The zero-order valence-electron chi connectivity index (χ0n) is 9.95. The van der Waals surface area contributed by atoms with Crippen LogP contribution in [0.25, 0.3) is 11.3 Å². The molecule has 1 heterocycles. The molecule has 0 radical (unpaired) electrons. The molecule has 5 heteroatoms. The third kappa shape index (κ3) is 2.33. The molecule has 0 atom stereocenters. The average molecular weight is 263 g/mol. The summed E-state index contributed by atoms with van der Waals surface area (Å²) in [6, 6.07) is 6.85. The highest BCUT2D eigenvalue weighted by atomic mass is 35.5. The molecule has 4 nitrogen and oxygen atoms in total. The number of hydrogen-bond acceptors (Lipinski definition) is 3. The van der Waals surface area contributed by atoms with Crippen LogP contribution in [-0.4, -0.2) is 15.8 Å². The summed E-state index contributed by atoms with van der Waals surface area (Å²) >= 11 is 5.81. The van der Waals surface area contributed by atoms with Crippen molar-refractivity contribution < 1.29 is 4.79 Å². The monoisotopic (exact) mass is 262 g/mol. The number of ketones is 1. The predicted octanol–water partition coefficient (Wildman–Crippen LogP) is 2.60. The summed E-state index contributed by atoms with van der Waals surface area (Å²) < 4.78 is 0. The minimum Gasteiger partial charge on any atom is -0.309 e. The lowest BCUT2D eigenvalue weighted by molar-refractivity contribution is 0.101. The molecule has 2 rings (SSSR count). The second-order valence-corrected chi connectivity index (χ2v) is 4.39. The predicted molar refractivity (Wildman–Crippen MR) is 70.0 cm³/mol. The Morgan fingerprint density at radius 1 is 1.28 bits per heavy atom. The van der Waals surface area contributed by atoms with Gasteiger partial charge < -0.3 is 4.98 Å². The van der Waals surface area contributed by atoms with Crippen molar-refractivity contribution in [1.82, 2.24) is 9.97 Å². The number of carbonyl (C=O) groups is 1. The number of hydrogen-bond donors (Lipinski definition) is 1. The zero-order valence-corrected chi connectivity index (χ0v) is 10.7. The Labute approximate surface area is 109 Å². The van der Waals surface area contributed by atoms with E-state index in [1.807, 2.05) is 0 Å². The summed E-state index contributed by atoms with van der Waals surface area (Å²) in [5, 5.41) is 0.588. The summed E-state index contributed by atoms with van der Waals surface area (Å²) in [4.78, 5) is 29.5. The van der Waals surface area contributed by atoms with E-state index in [9.17, 15) is 9.59 Å².